The first-order chi connectivity index (χ1) is 12.2. The van der Waals surface area contributed by atoms with E-state index in [2.05, 4.69) is 20.3 Å². The van der Waals surface area contributed by atoms with Crippen molar-refractivity contribution in [1.29, 1.82) is 0 Å². The lowest BCUT2D eigenvalue weighted by molar-refractivity contribution is 0.102. The van der Waals surface area contributed by atoms with Crippen molar-refractivity contribution in [3.63, 3.8) is 0 Å². The van der Waals surface area contributed by atoms with Crippen molar-refractivity contribution >= 4 is 22.6 Å². The second-order valence-electron chi connectivity index (χ2n) is 5.58. The standard InChI is InChI=1S/C19H14N4O2/c24-17-10-7-13(11-20-17)19(25)21-14-8-5-12(6-9-14)18-22-15-3-1-2-4-16(15)23-18/h1-11H,(H,20,24)(H,21,25)(H,22,23). The summed E-state index contributed by atoms with van der Waals surface area (Å²) in [5, 5.41) is 2.79. The van der Waals surface area contributed by atoms with Crippen LogP contribution >= 0.6 is 0 Å². The van der Waals surface area contributed by atoms with Gasteiger partial charge in [0.1, 0.15) is 5.82 Å². The number of carbonyl (C=O) groups excluding carboxylic acids is 1. The predicted molar refractivity (Wildman–Crippen MR) is 96.5 cm³/mol. The minimum Gasteiger partial charge on any atom is -0.338 e. The fourth-order valence-electron chi connectivity index (χ4n) is 2.56. The number of hydrogen-bond donors (Lipinski definition) is 3. The number of benzene rings is 2. The fourth-order valence-corrected chi connectivity index (χ4v) is 2.56. The molecule has 3 N–H and O–H groups in total. The van der Waals surface area contributed by atoms with Crippen molar-refractivity contribution in [2.45, 2.75) is 0 Å². The Balaban J connectivity index is 1.54. The van der Waals surface area contributed by atoms with E-state index in [0.717, 1.165) is 22.4 Å². The number of aromatic amines is 2. The number of pyridine rings is 1. The zero-order valence-corrected chi connectivity index (χ0v) is 13.1. The molecule has 0 spiro atoms. The third-order valence-electron chi connectivity index (χ3n) is 3.85. The smallest absolute Gasteiger partial charge is 0.257 e. The number of hydrogen-bond acceptors (Lipinski definition) is 3. The summed E-state index contributed by atoms with van der Waals surface area (Å²) in [6, 6.07) is 18.0. The Morgan fingerprint density at radius 2 is 1.76 bits per heavy atom. The SMILES string of the molecule is O=C(Nc1ccc(-c2nc3ccccc3[nH]2)cc1)c1ccc(=O)[nH]c1. The van der Waals surface area contributed by atoms with Gasteiger partial charge in [0.25, 0.3) is 5.91 Å². The van der Waals surface area contributed by atoms with E-state index in [9.17, 15) is 9.59 Å². The Hall–Kier alpha value is -3.67. The predicted octanol–water partition coefficient (Wildman–Crippen LogP) is 3.17. The van der Waals surface area contributed by atoms with E-state index in [-0.39, 0.29) is 11.5 Å². The molecule has 0 radical (unpaired) electrons. The highest BCUT2D eigenvalue weighted by molar-refractivity contribution is 6.04. The molecule has 122 valence electrons. The number of aromatic nitrogens is 3. The normalized spacial score (nSPS) is 10.7. The van der Waals surface area contributed by atoms with E-state index in [4.69, 9.17) is 0 Å². The molecule has 6 heteroatoms. The maximum Gasteiger partial charge on any atom is 0.257 e. The van der Waals surface area contributed by atoms with Gasteiger partial charge < -0.3 is 15.3 Å². The number of nitrogens with one attached hydrogen (secondary N) is 3. The van der Waals surface area contributed by atoms with Crippen molar-refractivity contribution in [3.05, 3.63) is 82.8 Å². The van der Waals surface area contributed by atoms with Crippen LogP contribution < -0.4 is 10.9 Å². The topological polar surface area (TPSA) is 90.6 Å². The summed E-state index contributed by atoms with van der Waals surface area (Å²) in [4.78, 5) is 33.5. The van der Waals surface area contributed by atoms with Crippen molar-refractivity contribution in [2.24, 2.45) is 0 Å². The molecule has 0 bridgehead atoms. The molecule has 0 aliphatic heterocycles. The van der Waals surface area contributed by atoms with E-state index < -0.39 is 0 Å². The molecule has 0 saturated carbocycles. The van der Waals surface area contributed by atoms with Crippen LogP contribution in [0.15, 0.2) is 71.7 Å². The first-order valence-corrected chi connectivity index (χ1v) is 7.74. The first-order valence-electron chi connectivity index (χ1n) is 7.74. The number of nitrogens with zero attached hydrogens (tertiary/aromatic N) is 1. The number of imidazole rings is 1. The zero-order valence-electron chi connectivity index (χ0n) is 13.1. The van der Waals surface area contributed by atoms with Gasteiger partial charge in [0.15, 0.2) is 0 Å². The van der Waals surface area contributed by atoms with Crippen molar-refractivity contribution < 1.29 is 4.79 Å². The largest absolute Gasteiger partial charge is 0.338 e. The quantitative estimate of drug-likeness (QED) is 0.539. The molecule has 2 aromatic heterocycles. The van der Waals surface area contributed by atoms with Crippen LogP contribution in [0.4, 0.5) is 5.69 Å². The van der Waals surface area contributed by atoms with Gasteiger partial charge in [-0.3, -0.25) is 9.59 Å². The zero-order chi connectivity index (χ0) is 17.2. The number of fused-ring (bicyclic) bond motifs is 1. The Morgan fingerprint density at radius 1 is 0.960 bits per heavy atom. The van der Waals surface area contributed by atoms with Crippen molar-refractivity contribution in [2.75, 3.05) is 5.32 Å². The number of carbonyl (C=O) groups is 1. The Labute approximate surface area is 142 Å². The van der Waals surface area contributed by atoms with Gasteiger partial charge >= 0.3 is 0 Å². The van der Waals surface area contributed by atoms with Gasteiger partial charge in [-0.2, -0.15) is 0 Å². The van der Waals surface area contributed by atoms with E-state index in [1.165, 1.54) is 18.3 Å². The van der Waals surface area contributed by atoms with Crippen LogP contribution in [-0.2, 0) is 0 Å². The summed E-state index contributed by atoms with van der Waals surface area (Å²) < 4.78 is 0. The molecule has 6 nitrogen and oxygen atoms in total. The lowest BCUT2D eigenvalue weighted by Gasteiger charge is -2.05. The summed E-state index contributed by atoms with van der Waals surface area (Å²) in [6.07, 6.45) is 1.39. The number of para-hydroxylation sites is 2. The minimum absolute atomic E-state index is 0.244. The van der Waals surface area contributed by atoms with Gasteiger partial charge in [-0.1, -0.05) is 12.1 Å². The number of amides is 1. The van der Waals surface area contributed by atoms with Crippen molar-refractivity contribution in [3.8, 4) is 11.4 Å². The summed E-state index contributed by atoms with van der Waals surface area (Å²) in [5.74, 6) is 0.493. The van der Waals surface area contributed by atoms with Gasteiger partial charge in [-0.05, 0) is 42.5 Å². The van der Waals surface area contributed by atoms with E-state index in [1.54, 1.807) is 0 Å². The summed E-state index contributed by atoms with van der Waals surface area (Å²) >= 11 is 0. The number of rotatable bonds is 3. The highest BCUT2D eigenvalue weighted by Gasteiger charge is 2.08. The second kappa shape index (κ2) is 6.09. The number of anilines is 1. The average molecular weight is 330 g/mol. The van der Waals surface area contributed by atoms with Gasteiger partial charge in [-0.25, -0.2) is 4.98 Å². The molecule has 0 fully saturated rings. The van der Waals surface area contributed by atoms with E-state index in [1.807, 2.05) is 48.5 Å². The Bertz CT molecular complexity index is 1060. The second-order valence-corrected chi connectivity index (χ2v) is 5.58. The van der Waals surface area contributed by atoms with Crippen LogP contribution in [0.25, 0.3) is 22.4 Å². The van der Waals surface area contributed by atoms with Gasteiger partial charge in [0, 0.05) is 23.5 Å². The maximum atomic E-state index is 12.1. The lowest BCUT2D eigenvalue weighted by Crippen LogP contribution is -2.14. The Kier molecular flexibility index (Phi) is 3.63. The van der Waals surface area contributed by atoms with E-state index in [0.29, 0.717) is 11.3 Å². The van der Waals surface area contributed by atoms with Crippen LogP contribution in [0.5, 0.6) is 0 Å². The van der Waals surface area contributed by atoms with E-state index >= 15 is 0 Å². The minimum atomic E-state index is -0.285. The van der Waals surface area contributed by atoms with Crippen LogP contribution in [-0.4, -0.2) is 20.9 Å². The molecule has 25 heavy (non-hydrogen) atoms. The first kappa shape index (κ1) is 14.9. The highest BCUT2D eigenvalue weighted by atomic mass is 16.1. The molecule has 1 amide bonds. The molecule has 0 atom stereocenters. The number of H-pyrrole nitrogens is 2. The molecule has 4 aromatic rings. The average Bonchev–Trinajstić information content (AvgIpc) is 3.07. The maximum absolute atomic E-state index is 12.1. The Morgan fingerprint density at radius 3 is 2.48 bits per heavy atom. The van der Waals surface area contributed by atoms with Crippen LogP contribution in [0.2, 0.25) is 0 Å². The molecule has 0 aliphatic rings. The van der Waals surface area contributed by atoms with Gasteiger partial charge in [0.2, 0.25) is 5.56 Å². The molecule has 2 heterocycles. The summed E-state index contributed by atoms with van der Waals surface area (Å²) in [5.41, 5.74) is 3.63. The van der Waals surface area contributed by atoms with Gasteiger partial charge in [0.05, 0.1) is 16.6 Å². The van der Waals surface area contributed by atoms with Crippen molar-refractivity contribution in [1.82, 2.24) is 15.0 Å². The summed E-state index contributed by atoms with van der Waals surface area (Å²) in [6.45, 7) is 0. The fraction of sp³-hybridized carbons (Fsp3) is 0. The van der Waals surface area contributed by atoms with Crippen LogP contribution in [0.3, 0.4) is 0 Å². The van der Waals surface area contributed by atoms with Crippen LogP contribution in [0, 0.1) is 0 Å². The lowest BCUT2D eigenvalue weighted by atomic mass is 10.2. The summed E-state index contributed by atoms with van der Waals surface area (Å²) in [7, 11) is 0. The molecular formula is C19H14N4O2. The molecule has 0 unspecified atom stereocenters. The third-order valence-corrected chi connectivity index (χ3v) is 3.85. The molecule has 0 aliphatic carbocycles. The molecule has 0 saturated heterocycles. The molecule has 4 rings (SSSR count). The van der Waals surface area contributed by atoms with Crippen LogP contribution in [0.1, 0.15) is 10.4 Å². The van der Waals surface area contributed by atoms with Gasteiger partial charge in [-0.15, -0.1) is 0 Å². The molecular weight excluding hydrogens is 316 g/mol. The third kappa shape index (κ3) is 3.05. The monoisotopic (exact) mass is 330 g/mol. The molecule has 2 aromatic carbocycles. The highest BCUT2D eigenvalue weighted by Crippen LogP contribution is 2.22.